The first kappa shape index (κ1) is 17.9. The summed E-state index contributed by atoms with van der Waals surface area (Å²) < 4.78 is 5.37. The van der Waals surface area contributed by atoms with Crippen LogP contribution in [-0.2, 0) is 9.53 Å². The smallest absolute Gasteiger partial charge is 0.316 e. The minimum Gasteiger partial charge on any atom is -0.461 e. The number of hydrogen-bond acceptors (Lipinski definition) is 2. The number of ether oxygens (including phenoxy) is 1. The Morgan fingerprint density at radius 2 is 1.61 bits per heavy atom. The van der Waals surface area contributed by atoms with E-state index in [-0.39, 0.29) is 5.97 Å². The normalized spacial score (nSPS) is 11.0. The molecule has 3 heteroatoms. The fourth-order valence-corrected chi connectivity index (χ4v) is 1.98. The number of carbonyl (C=O) groups is 1. The Morgan fingerprint density at radius 3 is 2.22 bits per heavy atom. The van der Waals surface area contributed by atoms with Gasteiger partial charge in [0.1, 0.15) is 6.61 Å². The molecule has 0 spiro atoms. The third-order valence-corrected chi connectivity index (χ3v) is 3.46. The summed E-state index contributed by atoms with van der Waals surface area (Å²) in [5, 5.41) is 0. The molecule has 0 unspecified atom stereocenters. The lowest BCUT2D eigenvalue weighted by atomic mass is 10.1. The van der Waals surface area contributed by atoms with Crippen LogP contribution in [0.25, 0.3) is 0 Å². The van der Waals surface area contributed by atoms with Crippen LogP contribution >= 0.6 is 22.6 Å². The zero-order valence-corrected chi connectivity index (χ0v) is 13.8. The van der Waals surface area contributed by atoms with Crippen molar-refractivity contribution < 1.29 is 9.53 Å². The van der Waals surface area contributed by atoms with E-state index in [4.69, 9.17) is 4.74 Å². The number of unbranched alkanes of at least 4 members (excludes halogenated alkanes) is 8. The zero-order chi connectivity index (χ0) is 13.5. The van der Waals surface area contributed by atoms with Gasteiger partial charge in [0.05, 0.1) is 4.43 Å². The van der Waals surface area contributed by atoms with Gasteiger partial charge >= 0.3 is 5.97 Å². The summed E-state index contributed by atoms with van der Waals surface area (Å²) in [4.78, 5) is 10.8. The van der Waals surface area contributed by atoms with Gasteiger partial charge in [-0.2, -0.15) is 0 Å². The van der Waals surface area contributed by atoms with Gasteiger partial charge in [-0.15, -0.1) is 0 Å². The molecule has 2 nitrogen and oxygen atoms in total. The first-order valence-electron chi connectivity index (χ1n) is 7.17. The topological polar surface area (TPSA) is 26.3 Å². The predicted molar refractivity (Wildman–Crippen MR) is 86.2 cm³/mol. The molecule has 0 aromatic rings. The summed E-state index contributed by atoms with van der Waals surface area (Å²) in [7, 11) is 0. The molecule has 0 aromatic carbocycles. The molecule has 0 radical (unpaired) electrons. The summed E-state index contributed by atoms with van der Waals surface area (Å²) in [5.41, 5.74) is 0. The average molecular weight is 366 g/mol. The second kappa shape index (κ2) is 15.0. The molecule has 0 amide bonds. The van der Waals surface area contributed by atoms with Gasteiger partial charge in [0.25, 0.3) is 0 Å². The van der Waals surface area contributed by atoms with E-state index in [0.717, 1.165) is 6.42 Å². The molecular formula is C15H27IO2. The van der Waals surface area contributed by atoms with E-state index in [0.29, 0.717) is 11.0 Å². The van der Waals surface area contributed by atoms with E-state index in [1.54, 1.807) is 0 Å². The number of carbonyl (C=O) groups excluding carboxylic acids is 1. The van der Waals surface area contributed by atoms with Gasteiger partial charge < -0.3 is 4.74 Å². The molecule has 0 aliphatic heterocycles. The van der Waals surface area contributed by atoms with Crippen LogP contribution in [0, 0.1) is 0 Å². The van der Waals surface area contributed by atoms with Crippen LogP contribution in [0.5, 0.6) is 0 Å². The van der Waals surface area contributed by atoms with Crippen LogP contribution in [0.15, 0.2) is 12.2 Å². The molecule has 0 atom stereocenters. The molecule has 0 N–H and O–H groups in total. The number of esters is 1. The first-order chi connectivity index (χ1) is 8.81. The molecule has 0 rings (SSSR count). The third-order valence-electron chi connectivity index (χ3n) is 2.84. The minimum absolute atomic E-state index is 0.132. The Bertz CT molecular complexity index is 215. The second-order valence-electron chi connectivity index (χ2n) is 4.55. The van der Waals surface area contributed by atoms with Gasteiger partial charge in [-0.05, 0) is 12.8 Å². The van der Waals surface area contributed by atoms with Crippen LogP contribution in [0.4, 0.5) is 0 Å². The highest BCUT2D eigenvalue weighted by atomic mass is 127. The van der Waals surface area contributed by atoms with E-state index in [2.05, 4.69) is 13.0 Å². The molecule has 0 saturated heterocycles. The van der Waals surface area contributed by atoms with Crippen molar-refractivity contribution in [1.82, 2.24) is 0 Å². The van der Waals surface area contributed by atoms with Crippen molar-refractivity contribution in [3.8, 4) is 0 Å². The molecule has 0 fully saturated rings. The maximum Gasteiger partial charge on any atom is 0.316 e. The Morgan fingerprint density at radius 1 is 1.00 bits per heavy atom. The van der Waals surface area contributed by atoms with Crippen LogP contribution in [-0.4, -0.2) is 17.0 Å². The Hall–Kier alpha value is -0.0600. The van der Waals surface area contributed by atoms with Crippen molar-refractivity contribution in [2.45, 2.75) is 64.7 Å². The van der Waals surface area contributed by atoms with Crippen molar-refractivity contribution in [2.24, 2.45) is 0 Å². The number of allylic oxidation sites excluding steroid dienone is 1. The minimum atomic E-state index is -0.132. The maximum absolute atomic E-state index is 10.8. The fourth-order valence-electron chi connectivity index (χ4n) is 1.76. The molecule has 0 saturated carbocycles. The summed E-state index contributed by atoms with van der Waals surface area (Å²) in [6.45, 7) is 2.68. The van der Waals surface area contributed by atoms with Gasteiger partial charge in [0.15, 0.2) is 0 Å². The predicted octanol–water partition coefficient (Wildman–Crippen LogP) is 5.05. The molecule has 0 heterocycles. The third kappa shape index (κ3) is 14.0. The number of hydrogen-bond donors (Lipinski definition) is 0. The van der Waals surface area contributed by atoms with Gasteiger partial charge in [-0.3, -0.25) is 4.79 Å². The van der Waals surface area contributed by atoms with E-state index < -0.39 is 0 Å². The lowest BCUT2D eigenvalue weighted by Gasteiger charge is -2.00. The first-order valence-corrected chi connectivity index (χ1v) is 8.70. The van der Waals surface area contributed by atoms with Crippen molar-refractivity contribution >= 4 is 28.6 Å². The van der Waals surface area contributed by atoms with E-state index in [9.17, 15) is 4.79 Å². The van der Waals surface area contributed by atoms with Crippen molar-refractivity contribution in [3.63, 3.8) is 0 Å². The SMILES string of the molecule is CCCCCCCCCC/C=C/COC(=O)CI. The summed E-state index contributed by atoms with van der Waals surface area (Å²) in [6, 6.07) is 0. The van der Waals surface area contributed by atoms with Gasteiger partial charge in [-0.25, -0.2) is 0 Å². The molecular weight excluding hydrogens is 339 g/mol. The summed E-state index contributed by atoms with van der Waals surface area (Å²) >= 11 is 2.01. The molecule has 0 aliphatic rings. The lowest BCUT2D eigenvalue weighted by Crippen LogP contribution is -2.04. The van der Waals surface area contributed by atoms with Gasteiger partial charge in [0, 0.05) is 0 Å². The summed E-state index contributed by atoms with van der Waals surface area (Å²) in [5.74, 6) is -0.132. The zero-order valence-electron chi connectivity index (χ0n) is 11.6. The highest BCUT2D eigenvalue weighted by Crippen LogP contribution is 2.09. The van der Waals surface area contributed by atoms with Crippen molar-refractivity contribution in [1.29, 1.82) is 0 Å². The summed E-state index contributed by atoms with van der Waals surface area (Å²) in [6.07, 6.45) is 16.0. The Balaban J connectivity index is 3.10. The van der Waals surface area contributed by atoms with Crippen molar-refractivity contribution in [3.05, 3.63) is 12.2 Å². The van der Waals surface area contributed by atoms with E-state index >= 15 is 0 Å². The Labute approximate surface area is 126 Å². The van der Waals surface area contributed by atoms with Gasteiger partial charge in [0.2, 0.25) is 0 Å². The standard InChI is InChI=1S/C15H27IO2/c1-2-3-4-5-6-7-8-9-10-11-12-13-18-15(17)14-16/h11-12H,2-10,13-14H2,1H3/b12-11+. The van der Waals surface area contributed by atoms with E-state index in [1.165, 1.54) is 51.4 Å². The molecule has 0 aliphatic carbocycles. The Kier molecular flexibility index (Phi) is 14.9. The van der Waals surface area contributed by atoms with Crippen LogP contribution in [0.3, 0.4) is 0 Å². The highest BCUT2D eigenvalue weighted by Gasteiger charge is 1.95. The van der Waals surface area contributed by atoms with Crippen LogP contribution < -0.4 is 0 Å². The van der Waals surface area contributed by atoms with E-state index in [1.807, 2.05) is 28.7 Å². The molecule has 18 heavy (non-hydrogen) atoms. The second-order valence-corrected chi connectivity index (χ2v) is 5.31. The number of alkyl halides is 1. The number of halogens is 1. The van der Waals surface area contributed by atoms with Crippen LogP contribution in [0.2, 0.25) is 0 Å². The highest BCUT2D eigenvalue weighted by molar-refractivity contribution is 14.1. The van der Waals surface area contributed by atoms with Crippen LogP contribution in [0.1, 0.15) is 64.7 Å². The largest absolute Gasteiger partial charge is 0.461 e. The quantitative estimate of drug-likeness (QED) is 0.159. The molecule has 106 valence electrons. The monoisotopic (exact) mass is 366 g/mol. The van der Waals surface area contributed by atoms with Crippen molar-refractivity contribution in [2.75, 3.05) is 11.0 Å². The molecule has 0 aromatic heterocycles. The fraction of sp³-hybridized carbons (Fsp3) is 0.800. The maximum atomic E-state index is 10.8. The molecule has 0 bridgehead atoms. The number of rotatable bonds is 12. The average Bonchev–Trinajstić information content (AvgIpc) is 2.39. The lowest BCUT2D eigenvalue weighted by molar-refractivity contribution is -0.138. The van der Waals surface area contributed by atoms with Gasteiger partial charge in [-0.1, -0.05) is 86.6 Å².